The van der Waals surface area contributed by atoms with Crippen molar-refractivity contribution in [1.29, 1.82) is 0 Å². The van der Waals surface area contributed by atoms with Gasteiger partial charge >= 0.3 is 10.2 Å². The highest BCUT2D eigenvalue weighted by Gasteiger charge is 2.28. The van der Waals surface area contributed by atoms with Crippen LogP contribution in [-0.2, 0) is 10.2 Å². The number of aromatic amines is 1. The smallest absolute Gasteiger partial charge is 0.301 e. The summed E-state index contributed by atoms with van der Waals surface area (Å²) in [4.78, 5) is 30.4. The van der Waals surface area contributed by atoms with E-state index in [-0.39, 0.29) is 16.8 Å². The first-order valence-electron chi connectivity index (χ1n) is 13.3. The molecule has 10 nitrogen and oxygen atoms in total. The van der Waals surface area contributed by atoms with Gasteiger partial charge in [0.05, 0.1) is 16.9 Å². The van der Waals surface area contributed by atoms with Gasteiger partial charge in [-0.25, -0.2) is 14.4 Å². The third-order valence-electron chi connectivity index (χ3n) is 7.52. The zero-order chi connectivity index (χ0) is 27.9. The predicted octanol–water partition coefficient (Wildman–Crippen LogP) is 3.50. The topological polar surface area (TPSA) is 115 Å². The van der Waals surface area contributed by atoms with Crippen molar-refractivity contribution >= 4 is 38.5 Å². The molecule has 0 bridgehead atoms. The van der Waals surface area contributed by atoms with Crippen LogP contribution in [0.15, 0.2) is 54.9 Å². The number of nitrogens with zero attached hydrogens (tertiary/aromatic N) is 5. The van der Waals surface area contributed by atoms with Crippen molar-refractivity contribution in [3.63, 3.8) is 0 Å². The lowest BCUT2D eigenvalue weighted by Gasteiger charge is -2.33. The van der Waals surface area contributed by atoms with E-state index in [1.54, 1.807) is 6.20 Å². The molecule has 0 amide bonds. The number of piperazine rings is 1. The molecular weight excluding hydrogens is 533 g/mol. The fraction of sp³-hybridized carbons (Fsp3) is 0.321. The van der Waals surface area contributed by atoms with Crippen LogP contribution in [0, 0.1) is 5.82 Å². The second-order valence-corrected chi connectivity index (χ2v) is 11.9. The zero-order valence-electron chi connectivity index (χ0n) is 22.1. The molecule has 2 N–H and O–H groups in total. The number of ketones is 1. The number of H-pyrrole nitrogens is 1. The van der Waals surface area contributed by atoms with Crippen molar-refractivity contribution in [2.75, 3.05) is 55.9 Å². The highest BCUT2D eigenvalue weighted by atomic mass is 32.2. The number of benzene rings is 1. The average molecular weight is 564 g/mol. The molecule has 0 atom stereocenters. The summed E-state index contributed by atoms with van der Waals surface area (Å²) in [6.07, 6.45) is 4.71. The summed E-state index contributed by atoms with van der Waals surface area (Å²) in [6, 6.07) is 11.8. The molecule has 0 aliphatic carbocycles. The van der Waals surface area contributed by atoms with Crippen LogP contribution in [0.1, 0.15) is 28.8 Å². The second kappa shape index (κ2) is 10.6. The number of aromatic nitrogens is 3. The van der Waals surface area contributed by atoms with Crippen LogP contribution in [0.3, 0.4) is 0 Å². The van der Waals surface area contributed by atoms with Crippen molar-refractivity contribution in [2.45, 2.75) is 12.8 Å². The maximum atomic E-state index is 15.5. The Kier molecular flexibility index (Phi) is 6.99. The van der Waals surface area contributed by atoms with Gasteiger partial charge in [-0.15, -0.1) is 0 Å². The zero-order valence-corrected chi connectivity index (χ0v) is 22.9. The molecule has 2 aliphatic rings. The highest BCUT2D eigenvalue weighted by molar-refractivity contribution is 7.90. The number of carbonyl (C=O) groups excluding carboxylic acids is 1. The number of pyridine rings is 2. The number of hydrogen-bond donors (Lipinski definition) is 2. The number of carbonyl (C=O) groups is 1. The highest BCUT2D eigenvalue weighted by Crippen LogP contribution is 2.29. The number of halogens is 1. The molecular formula is C28H30FN7O3S. The first-order valence-corrected chi connectivity index (χ1v) is 14.7. The molecule has 0 unspecified atom stereocenters. The van der Waals surface area contributed by atoms with Gasteiger partial charge in [0.1, 0.15) is 11.5 Å². The number of nitrogens with one attached hydrogen (secondary N) is 2. The van der Waals surface area contributed by atoms with Gasteiger partial charge in [-0.05, 0) is 50.2 Å². The summed E-state index contributed by atoms with van der Waals surface area (Å²) in [5.41, 5.74) is 1.66. The Labute approximate surface area is 232 Å². The van der Waals surface area contributed by atoms with E-state index in [4.69, 9.17) is 4.98 Å². The molecule has 6 rings (SSSR count). The van der Waals surface area contributed by atoms with Gasteiger partial charge in [-0.3, -0.25) is 9.52 Å². The molecule has 0 spiro atoms. The van der Waals surface area contributed by atoms with E-state index in [9.17, 15) is 13.2 Å². The van der Waals surface area contributed by atoms with Crippen LogP contribution in [0.5, 0.6) is 0 Å². The third kappa shape index (κ3) is 5.05. The van der Waals surface area contributed by atoms with Gasteiger partial charge in [0.2, 0.25) is 0 Å². The molecule has 2 saturated heterocycles. The van der Waals surface area contributed by atoms with E-state index in [0.29, 0.717) is 24.1 Å². The number of rotatable bonds is 7. The maximum Gasteiger partial charge on any atom is 0.301 e. The van der Waals surface area contributed by atoms with Crippen LogP contribution in [-0.4, -0.2) is 84.7 Å². The molecule has 1 aromatic carbocycles. The number of anilines is 2. The largest absolute Gasteiger partial charge is 0.354 e. The van der Waals surface area contributed by atoms with E-state index < -0.39 is 21.8 Å². The molecule has 3 aromatic heterocycles. The molecule has 0 saturated carbocycles. The van der Waals surface area contributed by atoms with Crippen molar-refractivity contribution in [2.24, 2.45) is 0 Å². The first kappa shape index (κ1) is 26.4. The Bertz CT molecular complexity index is 1680. The standard InChI is InChI=1S/C28H30FN7O3S/c1-34-12-14-35(15-13-34)25-9-5-7-23(32-25)19-16-21-22(18-31-28(21)30-17-19)27(37)20-6-4-8-24(26(20)29)33-40(38,39)36-10-2-3-11-36/h4-9,16-18,33H,2-3,10-15H2,1H3,(H,30,31). The van der Waals surface area contributed by atoms with Crippen molar-refractivity contribution in [3.8, 4) is 11.3 Å². The summed E-state index contributed by atoms with van der Waals surface area (Å²) in [7, 11) is -1.81. The molecule has 2 fully saturated rings. The lowest BCUT2D eigenvalue weighted by Crippen LogP contribution is -2.44. The lowest BCUT2D eigenvalue weighted by molar-refractivity contribution is 0.103. The van der Waals surface area contributed by atoms with E-state index in [2.05, 4.69) is 31.5 Å². The normalized spacial score (nSPS) is 17.0. The minimum atomic E-state index is -3.91. The average Bonchev–Trinajstić information content (AvgIpc) is 3.65. The minimum Gasteiger partial charge on any atom is -0.354 e. The van der Waals surface area contributed by atoms with Gasteiger partial charge in [0.15, 0.2) is 11.6 Å². The summed E-state index contributed by atoms with van der Waals surface area (Å²) in [6.45, 7) is 4.47. The van der Waals surface area contributed by atoms with Crippen LogP contribution in [0.4, 0.5) is 15.9 Å². The quantitative estimate of drug-likeness (QED) is 0.331. The number of fused-ring (bicyclic) bond motifs is 1. The fourth-order valence-electron chi connectivity index (χ4n) is 5.19. The summed E-state index contributed by atoms with van der Waals surface area (Å²) in [5.74, 6) is -0.620. The summed E-state index contributed by atoms with van der Waals surface area (Å²) >= 11 is 0. The second-order valence-electron chi connectivity index (χ2n) is 10.2. The Hall–Kier alpha value is -3.87. The summed E-state index contributed by atoms with van der Waals surface area (Å²) < 4.78 is 44.5. The van der Waals surface area contributed by atoms with E-state index >= 15 is 4.39 Å². The monoisotopic (exact) mass is 563 g/mol. The van der Waals surface area contributed by atoms with Gasteiger partial charge in [-0.2, -0.15) is 12.7 Å². The molecule has 4 aromatic rings. The van der Waals surface area contributed by atoms with Crippen LogP contribution in [0.25, 0.3) is 22.3 Å². The molecule has 40 heavy (non-hydrogen) atoms. The van der Waals surface area contributed by atoms with E-state index in [1.807, 2.05) is 24.3 Å². The van der Waals surface area contributed by atoms with E-state index in [1.165, 1.54) is 28.7 Å². The Morgan fingerprint density at radius 1 is 1.00 bits per heavy atom. The Morgan fingerprint density at radius 2 is 1.75 bits per heavy atom. The number of likely N-dealkylation sites (N-methyl/N-ethyl adjacent to an activating group) is 1. The fourth-order valence-corrected chi connectivity index (χ4v) is 6.49. The molecule has 2 aliphatic heterocycles. The van der Waals surface area contributed by atoms with Gasteiger partial charge in [0, 0.05) is 68.2 Å². The summed E-state index contributed by atoms with van der Waals surface area (Å²) in [5, 5.41) is 0.525. The SMILES string of the molecule is CN1CCN(c2cccc(-c3cnc4[nH]cc(C(=O)c5cccc(NS(=O)(=O)N6CCCC6)c5F)c4c3)n2)CC1. The molecule has 0 radical (unpaired) electrons. The lowest BCUT2D eigenvalue weighted by atomic mass is 10.0. The Balaban J connectivity index is 1.30. The number of hydrogen-bond acceptors (Lipinski definition) is 7. The molecule has 12 heteroatoms. The van der Waals surface area contributed by atoms with E-state index in [0.717, 1.165) is 56.1 Å². The van der Waals surface area contributed by atoms with Crippen LogP contribution in [0.2, 0.25) is 0 Å². The van der Waals surface area contributed by atoms with Gasteiger partial charge < -0.3 is 14.8 Å². The van der Waals surface area contributed by atoms with Gasteiger partial charge in [0.25, 0.3) is 0 Å². The first-order chi connectivity index (χ1) is 19.3. The minimum absolute atomic E-state index is 0.233. The Morgan fingerprint density at radius 3 is 2.52 bits per heavy atom. The maximum absolute atomic E-state index is 15.5. The molecule has 5 heterocycles. The predicted molar refractivity (Wildman–Crippen MR) is 152 cm³/mol. The van der Waals surface area contributed by atoms with Crippen LogP contribution < -0.4 is 9.62 Å². The van der Waals surface area contributed by atoms with Crippen LogP contribution >= 0.6 is 0 Å². The molecule has 208 valence electrons. The van der Waals surface area contributed by atoms with Gasteiger partial charge in [-0.1, -0.05) is 12.1 Å². The van der Waals surface area contributed by atoms with Crippen molar-refractivity contribution in [1.82, 2.24) is 24.2 Å². The van der Waals surface area contributed by atoms with Crippen molar-refractivity contribution in [3.05, 3.63) is 71.8 Å². The third-order valence-corrected chi connectivity index (χ3v) is 9.04. The van der Waals surface area contributed by atoms with Crippen molar-refractivity contribution < 1.29 is 17.6 Å².